The minimum atomic E-state index is -0.367. The van der Waals surface area contributed by atoms with E-state index in [2.05, 4.69) is 29.5 Å². The maximum Gasteiger partial charge on any atom is 0.292 e. The molecule has 0 saturated carbocycles. The number of rotatable bonds is 7. The molecule has 0 aliphatic rings. The third-order valence-electron chi connectivity index (χ3n) is 4.39. The van der Waals surface area contributed by atoms with Crippen molar-refractivity contribution in [1.29, 1.82) is 0 Å². The molecule has 0 radical (unpaired) electrons. The van der Waals surface area contributed by atoms with Crippen LogP contribution in [0.4, 0.5) is 5.82 Å². The Balaban J connectivity index is 1.33. The first-order valence-corrected chi connectivity index (χ1v) is 9.80. The van der Waals surface area contributed by atoms with Crippen LogP contribution in [0.5, 0.6) is 5.75 Å². The van der Waals surface area contributed by atoms with Gasteiger partial charge in [-0.05, 0) is 48.9 Å². The van der Waals surface area contributed by atoms with Gasteiger partial charge in [0, 0.05) is 17.3 Å². The molecule has 0 aliphatic carbocycles. The quantitative estimate of drug-likeness (QED) is 0.438. The van der Waals surface area contributed by atoms with Gasteiger partial charge in [-0.3, -0.25) is 9.48 Å². The maximum atomic E-state index is 12.4. The number of halogens is 1. The molecule has 2 aromatic carbocycles. The third-order valence-corrected chi connectivity index (χ3v) is 4.64. The van der Waals surface area contributed by atoms with Crippen LogP contribution in [0.25, 0.3) is 0 Å². The topological polar surface area (TPSA) is 69.3 Å². The number of carbonyl (C=O) groups excluding carboxylic acids is 1. The molecule has 152 valence electrons. The van der Waals surface area contributed by atoms with E-state index in [9.17, 15) is 4.79 Å². The van der Waals surface area contributed by atoms with E-state index in [1.54, 1.807) is 47.1 Å². The van der Waals surface area contributed by atoms with E-state index in [4.69, 9.17) is 20.8 Å². The summed E-state index contributed by atoms with van der Waals surface area (Å²) >= 11 is 5.86. The second kappa shape index (κ2) is 8.88. The van der Waals surface area contributed by atoms with Gasteiger partial charge in [0.2, 0.25) is 0 Å². The van der Waals surface area contributed by atoms with Crippen molar-refractivity contribution in [2.45, 2.75) is 20.1 Å². The smallest absolute Gasteiger partial charge is 0.292 e. The predicted octanol–water partition coefficient (Wildman–Crippen LogP) is 5.32. The van der Waals surface area contributed by atoms with Crippen molar-refractivity contribution in [3.63, 3.8) is 0 Å². The van der Waals surface area contributed by atoms with Crippen LogP contribution in [-0.2, 0) is 13.2 Å². The van der Waals surface area contributed by atoms with Crippen molar-refractivity contribution in [1.82, 2.24) is 9.78 Å². The minimum Gasteiger partial charge on any atom is -0.486 e. The number of benzene rings is 2. The average molecular weight is 422 g/mol. The molecule has 1 N–H and O–H groups in total. The van der Waals surface area contributed by atoms with Crippen LogP contribution in [0.1, 0.15) is 27.4 Å². The number of ether oxygens (including phenoxy) is 1. The van der Waals surface area contributed by atoms with E-state index in [0.29, 0.717) is 28.9 Å². The van der Waals surface area contributed by atoms with E-state index >= 15 is 0 Å². The first kappa shape index (κ1) is 19.8. The Bertz CT molecular complexity index is 1150. The molecule has 2 aromatic heterocycles. The van der Waals surface area contributed by atoms with Crippen LogP contribution in [-0.4, -0.2) is 15.7 Å². The number of nitrogens with zero attached hydrogens (tertiary/aromatic N) is 2. The number of hydrogen-bond donors (Lipinski definition) is 1. The largest absolute Gasteiger partial charge is 0.486 e. The lowest BCUT2D eigenvalue weighted by Crippen LogP contribution is -2.12. The number of aryl methyl sites for hydroxylation is 1. The highest BCUT2D eigenvalue weighted by molar-refractivity contribution is 6.30. The molecule has 2 heterocycles. The zero-order valence-corrected chi connectivity index (χ0v) is 17.1. The zero-order chi connectivity index (χ0) is 20.9. The Kier molecular flexibility index (Phi) is 5.86. The average Bonchev–Trinajstić information content (AvgIpc) is 3.37. The normalized spacial score (nSPS) is 10.7. The fourth-order valence-corrected chi connectivity index (χ4v) is 3.08. The summed E-state index contributed by atoms with van der Waals surface area (Å²) in [4.78, 5) is 12.4. The highest BCUT2D eigenvalue weighted by Crippen LogP contribution is 2.18. The second-order valence-corrected chi connectivity index (χ2v) is 7.29. The van der Waals surface area contributed by atoms with Gasteiger partial charge in [-0.1, -0.05) is 41.4 Å². The van der Waals surface area contributed by atoms with E-state index in [1.165, 1.54) is 5.56 Å². The number of furan rings is 1. The number of carbonyl (C=O) groups is 1. The molecular formula is C23H20ClN3O3. The predicted molar refractivity (Wildman–Crippen MR) is 115 cm³/mol. The van der Waals surface area contributed by atoms with Gasteiger partial charge < -0.3 is 14.5 Å². The van der Waals surface area contributed by atoms with Crippen LogP contribution in [0.15, 0.2) is 77.3 Å². The molecule has 0 bridgehead atoms. The van der Waals surface area contributed by atoms with Crippen molar-refractivity contribution in [3.8, 4) is 5.75 Å². The van der Waals surface area contributed by atoms with Crippen molar-refractivity contribution in [2.75, 3.05) is 5.32 Å². The molecule has 7 heteroatoms. The number of amides is 1. The summed E-state index contributed by atoms with van der Waals surface area (Å²) in [5, 5.41) is 7.79. The molecule has 4 aromatic rings. The van der Waals surface area contributed by atoms with Crippen LogP contribution < -0.4 is 10.1 Å². The van der Waals surface area contributed by atoms with Gasteiger partial charge in [0.25, 0.3) is 5.91 Å². The molecule has 4 rings (SSSR count). The molecule has 0 unspecified atom stereocenters. The molecule has 6 nitrogen and oxygen atoms in total. The van der Waals surface area contributed by atoms with Crippen molar-refractivity contribution < 1.29 is 13.9 Å². The van der Waals surface area contributed by atoms with Crippen LogP contribution in [0, 0.1) is 6.92 Å². The SMILES string of the molecule is Cc1cccc(Cn2ccc(NC(=O)c3ccc(COc4ccc(Cl)cc4)o3)n2)c1. The summed E-state index contributed by atoms with van der Waals surface area (Å²) in [6.45, 7) is 2.89. The van der Waals surface area contributed by atoms with Gasteiger partial charge in [-0.25, -0.2) is 0 Å². The van der Waals surface area contributed by atoms with Crippen LogP contribution in [0.2, 0.25) is 5.02 Å². The standard InChI is InChI=1S/C23H20ClN3O3/c1-16-3-2-4-17(13-16)14-27-12-11-22(26-27)25-23(28)21-10-9-20(30-21)15-29-19-7-5-18(24)6-8-19/h2-13H,14-15H2,1H3,(H,25,26,28). The van der Waals surface area contributed by atoms with E-state index < -0.39 is 0 Å². The van der Waals surface area contributed by atoms with Crippen LogP contribution in [0.3, 0.4) is 0 Å². The number of anilines is 1. The summed E-state index contributed by atoms with van der Waals surface area (Å²) in [6.07, 6.45) is 1.82. The summed E-state index contributed by atoms with van der Waals surface area (Å²) in [5.74, 6) is 1.50. The van der Waals surface area contributed by atoms with Crippen molar-refractivity contribution in [3.05, 3.63) is 101 Å². The van der Waals surface area contributed by atoms with Gasteiger partial charge in [-0.15, -0.1) is 0 Å². The highest BCUT2D eigenvalue weighted by Gasteiger charge is 2.13. The van der Waals surface area contributed by atoms with Gasteiger partial charge in [-0.2, -0.15) is 5.10 Å². The van der Waals surface area contributed by atoms with E-state index in [-0.39, 0.29) is 18.3 Å². The molecule has 0 fully saturated rings. The maximum absolute atomic E-state index is 12.4. The Morgan fingerprint density at radius 2 is 1.97 bits per heavy atom. The Morgan fingerprint density at radius 3 is 2.77 bits per heavy atom. The summed E-state index contributed by atoms with van der Waals surface area (Å²) < 4.78 is 13.0. The lowest BCUT2D eigenvalue weighted by molar-refractivity contribution is 0.0992. The summed E-state index contributed by atoms with van der Waals surface area (Å²) in [7, 11) is 0. The highest BCUT2D eigenvalue weighted by atomic mass is 35.5. The molecular weight excluding hydrogens is 402 g/mol. The van der Waals surface area contributed by atoms with E-state index in [0.717, 1.165) is 5.56 Å². The fraction of sp³-hybridized carbons (Fsp3) is 0.130. The monoisotopic (exact) mass is 421 g/mol. The number of hydrogen-bond acceptors (Lipinski definition) is 4. The molecule has 0 saturated heterocycles. The molecule has 0 atom stereocenters. The second-order valence-electron chi connectivity index (χ2n) is 6.85. The van der Waals surface area contributed by atoms with E-state index in [1.807, 2.05) is 18.3 Å². The zero-order valence-electron chi connectivity index (χ0n) is 16.3. The van der Waals surface area contributed by atoms with Gasteiger partial charge in [0.1, 0.15) is 18.1 Å². The molecule has 30 heavy (non-hydrogen) atoms. The van der Waals surface area contributed by atoms with Gasteiger partial charge >= 0.3 is 0 Å². The lowest BCUT2D eigenvalue weighted by Gasteiger charge is -2.04. The lowest BCUT2D eigenvalue weighted by atomic mass is 10.1. The number of nitrogens with one attached hydrogen (secondary N) is 1. The fourth-order valence-electron chi connectivity index (χ4n) is 2.95. The Hall–Kier alpha value is -3.51. The van der Waals surface area contributed by atoms with Crippen LogP contribution >= 0.6 is 11.6 Å². The Labute approximate surface area is 179 Å². The third kappa shape index (κ3) is 5.10. The first-order chi connectivity index (χ1) is 14.5. The molecule has 0 aliphatic heterocycles. The minimum absolute atomic E-state index is 0.193. The molecule has 1 amide bonds. The number of aromatic nitrogens is 2. The Morgan fingerprint density at radius 1 is 1.13 bits per heavy atom. The van der Waals surface area contributed by atoms with Gasteiger partial charge in [0.15, 0.2) is 11.6 Å². The van der Waals surface area contributed by atoms with Crippen molar-refractivity contribution >= 4 is 23.3 Å². The summed E-state index contributed by atoms with van der Waals surface area (Å²) in [6, 6.07) is 20.3. The summed E-state index contributed by atoms with van der Waals surface area (Å²) in [5.41, 5.74) is 2.34. The van der Waals surface area contributed by atoms with Crippen molar-refractivity contribution in [2.24, 2.45) is 0 Å². The molecule has 0 spiro atoms. The van der Waals surface area contributed by atoms with Gasteiger partial charge in [0.05, 0.1) is 6.54 Å². The first-order valence-electron chi connectivity index (χ1n) is 9.42.